The molecule has 0 aliphatic carbocycles. The fourth-order valence-electron chi connectivity index (χ4n) is 2.73. The third-order valence-electron chi connectivity index (χ3n) is 4.32. The van der Waals surface area contributed by atoms with Gasteiger partial charge in [-0.25, -0.2) is 0 Å². The summed E-state index contributed by atoms with van der Waals surface area (Å²) in [5, 5.41) is 18.2. The quantitative estimate of drug-likeness (QED) is 0.654. The Labute approximate surface area is 157 Å². The van der Waals surface area contributed by atoms with Gasteiger partial charge in [0.05, 0.1) is 12.1 Å². The number of carbonyl (C=O) groups is 3. The number of amides is 2. The second-order valence-corrected chi connectivity index (χ2v) is 6.30. The molecule has 2 aromatic rings. The fourth-order valence-corrected chi connectivity index (χ4v) is 2.73. The molecule has 0 saturated heterocycles. The smallest absolute Gasteiger partial charge is 0.305 e. The van der Waals surface area contributed by atoms with Gasteiger partial charge in [0.2, 0.25) is 5.91 Å². The van der Waals surface area contributed by atoms with E-state index >= 15 is 0 Å². The zero-order valence-electron chi connectivity index (χ0n) is 15.7. The third kappa shape index (κ3) is 5.67. The van der Waals surface area contributed by atoms with Gasteiger partial charge in [-0.05, 0) is 50.1 Å². The molecule has 27 heavy (non-hydrogen) atoms. The second-order valence-electron chi connectivity index (χ2n) is 6.30. The van der Waals surface area contributed by atoms with Crippen LogP contribution >= 0.6 is 0 Å². The summed E-state index contributed by atoms with van der Waals surface area (Å²) >= 11 is 0. The first-order valence-corrected chi connectivity index (χ1v) is 8.67. The van der Waals surface area contributed by atoms with Crippen LogP contribution in [0.5, 0.6) is 0 Å². The van der Waals surface area contributed by atoms with Gasteiger partial charge in [-0.3, -0.25) is 19.1 Å². The van der Waals surface area contributed by atoms with Crippen molar-refractivity contribution in [1.82, 2.24) is 15.1 Å². The lowest BCUT2D eigenvalue weighted by atomic mass is 10.1. The van der Waals surface area contributed by atoms with E-state index in [9.17, 15) is 14.4 Å². The predicted octanol–water partition coefficient (Wildman–Crippen LogP) is 1.81. The molecule has 0 unspecified atom stereocenters. The fraction of sp³-hybridized carbons (Fsp3) is 0.368. The molecule has 0 aliphatic heterocycles. The Bertz CT molecular complexity index is 840. The van der Waals surface area contributed by atoms with Crippen LogP contribution in [-0.2, 0) is 23.1 Å². The van der Waals surface area contributed by atoms with Gasteiger partial charge in [-0.1, -0.05) is 0 Å². The Balaban J connectivity index is 1.85. The summed E-state index contributed by atoms with van der Waals surface area (Å²) in [5.74, 6) is -1.43. The topological polar surface area (TPSA) is 113 Å². The molecule has 0 fully saturated rings. The number of carboxylic acids is 1. The molecule has 8 nitrogen and oxygen atoms in total. The molecule has 1 aromatic carbocycles. The van der Waals surface area contributed by atoms with Crippen molar-refractivity contribution in [3.8, 4) is 0 Å². The normalized spacial score (nSPS) is 10.5. The lowest BCUT2D eigenvalue weighted by Crippen LogP contribution is -2.25. The van der Waals surface area contributed by atoms with Crippen LogP contribution in [0.3, 0.4) is 0 Å². The van der Waals surface area contributed by atoms with Crippen LogP contribution in [0.15, 0.2) is 24.3 Å². The first-order chi connectivity index (χ1) is 12.8. The summed E-state index contributed by atoms with van der Waals surface area (Å²) in [4.78, 5) is 34.5. The molecule has 8 heteroatoms. The van der Waals surface area contributed by atoms with Crippen molar-refractivity contribution in [2.45, 2.75) is 33.1 Å². The van der Waals surface area contributed by atoms with E-state index in [1.807, 2.05) is 25.6 Å². The van der Waals surface area contributed by atoms with Gasteiger partial charge in [0.25, 0.3) is 5.91 Å². The molecule has 0 radical (unpaired) electrons. The summed E-state index contributed by atoms with van der Waals surface area (Å²) in [6.07, 6.45) is 0.821. The third-order valence-corrected chi connectivity index (χ3v) is 4.32. The van der Waals surface area contributed by atoms with E-state index in [1.165, 1.54) is 0 Å². The lowest BCUT2D eigenvalue weighted by molar-refractivity contribution is -0.136. The standard InChI is InChI=1S/C19H24N4O4/c1-12-16(13(2)23(3)22-12)8-9-17(24)21-15-6-4-14(5-7-15)19(27)20-11-10-18(25)26/h4-7H,8-11H2,1-3H3,(H,20,27)(H,21,24)(H,25,26). The average molecular weight is 372 g/mol. The highest BCUT2D eigenvalue weighted by Gasteiger charge is 2.12. The Hall–Kier alpha value is -3.16. The van der Waals surface area contributed by atoms with Crippen molar-refractivity contribution in [3.05, 3.63) is 46.8 Å². The molecule has 0 saturated carbocycles. The number of carbonyl (C=O) groups excluding carboxylic acids is 2. The zero-order valence-corrected chi connectivity index (χ0v) is 15.7. The molecule has 0 spiro atoms. The number of aliphatic carboxylic acids is 1. The molecule has 0 aliphatic rings. The van der Waals surface area contributed by atoms with Gasteiger partial charge < -0.3 is 15.7 Å². The summed E-state index contributed by atoms with van der Waals surface area (Å²) in [7, 11) is 1.88. The van der Waals surface area contributed by atoms with Crippen molar-refractivity contribution < 1.29 is 19.5 Å². The Morgan fingerprint density at radius 2 is 1.78 bits per heavy atom. The molecule has 0 bridgehead atoms. The van der Waals surface area contributed by atoms with Crippen LogP contribution in [0.1, 0.15) is 40.2 Å². The maximum absolute atomic E-state index is 12.2. The van der Waals surface area contributed by atoms with Gasteiger partial charge in [0.1, 0.15) is 0 Å². The van der Waals surface area contributed by atoms with Crippen molar-refractivity contribution in [2.24, 2.45) is 7.05 Å². The molecule has 1 heterocycles. The van der Waals surface area contributed by atoms with Gasteiger partial charge in [-0.2, -0.15) is 5.10 Å². The van der Waals surface area contributed by atoms with Crippen LogP contribution in [-0.4, -0.2) is 39.2 Å². The summed E-state index contributed by atoms with van der Waals surface area (Å²) in [6, 6.07) is 6.46. The minimum absolute atomic E-state index is 0.0693. The molecular formula is C19H24N4O4. The van der Waals surface area contributed by atoms with Crippen molar-refractivity contribution in [2.75, 3.05) is 11.9 Å². The molecule has 2 rings (SSSR count). The predicted molar refractivity (Wildman–Crippen MR) is 101 cm³/mol. The highest BCUT2D eigenvalue weighted by Crippen LogP contribution is 2.15. The number of hydrogen-bond donors (Lipinski definition) is 3. The maximum atomic E-state index is 12.2. The lowest BCUT2D eigenvalue weighted by Gasteiger charge is -2.07. The largest absolute Gasteiger partial charge is 0.481 e. The van der Waals surface area contributed by atoms with Gasteiger partial charge >= 0.3 is 5.97 Å². The minimum atomic E-state index is -0.968. The summed E-state index contributed by atoms with van der Waals surface area (Å²) in [5.41, 5.74) is 4.07. The van der Waals surface area contributed by atoms with Gasteiger partial charge in [0, 0.05) is 37.0 Å². The maximum Gasteiger partial charge on any atom is 0.305 e. The van der Waals surface area contributed by atoms with Crippen LogP contribution in [0.4, 0.5) is 5.69 Å². The Kier molecular flexibility index (Phi) is 6.70. The number of anilines is 1. The first-order valence-electron chi connectivity index (χ1n) is 8.67. The number of nitrogens with one attached hydrogen (secondary N) is 2. The molecule has 1 aromatic heterocycles. The van der Waals surface area contributed by atoms with E-state index in [-0.39, 0.29) is 24.8 Å². The number of hydrogen-bond acceptors (Lipinski definition) is 4. The summed E-state index contributed by atoms with van der Waals surface area (Å²) in [6.45, 7) is 3.98. The minimum Gasteiger partial charge on any atom is -0.481 e. The summed E-state index contributed by atoms with van der Waals surface area (Å²) < 4.78 is 1.81. The van der Waals surface area contributed by atoms with E-state index in [4.69, 9.17) is 5.11 Å². The van der Waals surface area contributed by atoms with E-state index in [0.717, 1.165) is 17.0 Å². The molecule has 0 atom stereocenters. The van der Waals surface area contributed by atoms with Crippen molar-refractivity contribution in [3.63, 3.8) is 0 Å². The van der Waals surface area contributed by atoms with Crippen LogP contribution in [0, 0.1) is 13.8 Å². The van der Waals surface area contributed by atoms with E-state index < -0.39 is 5.97 Å². The van der Waals surface area contributed by atoms with Crippen molar-refractivity contribution >= 4 is 23.5 Å². The number of nitrogens with zero attached hydrogens (tertiary/aromatic N) is 2. The van der Waals surface area contributed by atoms with Crippen LogP contribution in [0.2, 0.25) is 0 Å². The highest BCUT2D eigenvalue weighted by molar-refractivity contribution is 5.96. The Morgan fingerprint density at radius 1 is 1.11 bits per heavy atom. The molecule has 3 N–H and O–H groups in total. The SMILES string of the molecule is Cc1nn(C)c(C)c1CCC(=O)Nc1ccc(C(=O)NCCC(=O)O)cc1. The number of benzene rings is 1. The van der Waals surface area contributed by atoms with Gasteiger partial charge in [0.15, 0.2) is 0 Å². The van der Waals surface area contributed by atoms with E-state index in [2.05, 4.69) is 15.7 Å². The monoisotopic (exact) mass is 372 g/mol. The molecular weight excluding hydrogens is 348 g/mol. The van der Waals surface area contributed by atoms with Crippen LogP contribution < -0.4 is 10.6 Å². The number of carboxylic acid groups (broad SMARTS) is 1. The Morgan fingerprint density at radius 3 is 2.33 bits per heavy atom. The highest BCUT2D eigenvalue weighted by atomic mass is 16.4. The number of aryl methyl sites for hydroxylation is 2. The van der Waals surface area contributed by atoms with E-state index in [1.54, 1.807) is 24.3 Å². The van der Waals surface area contributed by atoms with Crippen LogP contribution in [0.25, 0.3) is 0 Å². The average Bonchev–Trinajstić information content (AvgIpc) is 2.85. The first kappa shape index (κ1) is 20.2. The zero-order chi connectivity index (χ0) is 20.0. The second kappa shape index (κ2) is 8.98. The van der Waals surface area contributed by atoms with E-state index in [0.29, 0.717) is 24.1 Å². The molecule has 144 valence electrons. The number of rotatable bonds is 8. The van der Waals surface area contributed by atoms with Gasteiger partial charge in [-0.15, -0.1) is 0 Å². The molecule has 2 amide bonds. The number of aromatic nitrogens is 2. The van der Waals surface area contributed by atoms with Crippen molar-refractivity contribution in [1.29, 1.82) is 0 Å².